The second-order valence-electron chi connectivity index (χ2n) is 6.57. The van der Waals surface area contributed by atoms with Crippen LogP contribution in [0.2, 0.25) is 0 Å². The Bertz CT molecular complexity index is 868. The molecule has 1 atom stereocenters. The molecule has 1 heterocycles. The number of nitrogens with zero attached hydrogens (tertiary/aromatic N) is 1. The van der Waals surface area contributed by atoms with Gasteiger partial charge < -0.3 is 4.90 Å². The third-order valence-corrected chi connectivity index (χ3v) is 5.16. The van der Waals surface area contributed by atoms with Gasteiger partial charge in [0.15, 0.2) is 5.78 Å². The Balaban J connectivity index is 1.77. The van der Waals surface area contributed by atoms with E-state index in [2.05, 4.69) is 15.9 Å². The van der Waals surface area contributed by atoms with E-state index in [1.165, 1.54) is 0 Å². The number of hydrogen-bond acceptors (Lipinski definition) is 2. The number of carbonyl (C=O) groups is 2. The number of carbonyl (C=O) groups excluding carboxylic acids is 2. The first kappa shape index (κ1) is 19.3. The molecule has 0 aliphatic carbocycles. The zero-order chi connectivity index (χ0) is 19.2. The summed E-state index contributed by atoms with van der Waals surface area (Å²) in [5.41, 5.74) is 2.63. The molecule has 0 bridgehead atoms. The molecule has 0 saturated carbocycles. The van der Waals surface area contributed by atoms with Gasteiger partial charge in [-0.05, 0) is 59.7 Å². The van der Waals surface area contributed by atoms with Gasteiger partial charge in [-0.3, -0.25) is 9.59 Å². The minimum absolute atomic E-state index is 0.0287. The molecule has 1 fully saturated rings. The highest BCUT2D eigenvalue weighted by Crippen LogP contribution is 2.25. The van der Waals surface area contributed by atoms with Crippen LogP contribution in [0.4, 0.5) is 0 Å². The number of ketones is 1. The van der Waals surface area contributed by atoms with E-state index in [0.717, 1.165) is 22.0 Å². The predicted octanol–water partition coefficient (Wildman–Crippen LogP) is 5.24. The van der Waals surface area contributed by atoms with Crippen LogP contribution < -0.4 is 0 Å². The lowest BCUT2D eigenvalue weighted by molar-refractivity contribution is -0.118. The van der Waals surface area contributed by atoms with E-state index < -0.39 is 0 Å². The molecule has 4 heteroatoms. The van der Waals surface area contributed by atoms with Crippen molar-refractivity contribution >= 4 is 33.2 Å². The van der Waals surface area contributed by atoms with Gasteiger partial charge >= 0.3 is 0 Å². The largest absolute Gasteiger partial charge is 0.328 e. The Labute approximate surface area is 168 Å². The van der Waals surface area contributed by atoms with Gasteiger partial charge in [0.05, 0.1) is 6.04 Å². The molecule has 27 heavy (non-hydrogen) atoms. The lowest BCUT2D eigenvalue weighted by atomic mass is 10.0. The van der Waals surface area contributed by atoms with E-state index in [4.69, 9.17) is 0 Å². The molecular weight excluding hydrogens is 402 g/mol. The van der Waals surface area contributed by atoms with Crippen molar-refractivity contribution in [2.24, 2.45) is 0 Å². The van der Waals surface area contributed by atoms with Crippen LogP contribution in [0.5, 0.6) is 0 Å². The Kier molecular flexibility index (Phi) is 6.40. The number of benzene rings is 2. The normalized spacial score (nSPS) is 17.9. The van der Waals surface area contributed by atoms with Crippen molar-refractivity contribution in [1.82, 2.24) is 4.90 Å². The average Bonchev–Trinajstić information content (AvgIpc) is 3.18. The SMILES string of the molecule is C/C(Br)=C(\C=C\C(=O)C1CCCN1C(=O)c1ccccc1)c1ccccc1. The molecular formula is C23H22BrNO2. The fraction of sp³-hybridized carbons (Fsp3) is 0.217. The summed E-state index contributed by atoms with van der Waals surface area (Å²) in [4.78, 5) is 27.3. The third-order valence-electron chi connectivity index (χ3n) is 4.73. The van der Waals surface area contributed by atoms with Crippen molar-refractivity contribution in [2.75, 3.05) is 6.54 Å². The van der Waals surface area contributed by atoms with Crippen LogP contribution in [0.3, 0.4) is 0 Å². The lowest BCUT2D eigenvalue weighted by Gasteiger charge is -2.22. The number of allylic oxidation sites excluding steroid dienone is 3. The van der Waals surface area contributed by atoms with Gasteiger partial charge in [-0.1, -0.05) is 64.5 Å². The molecule has 0 spiro atoms. The van der Waals surface area contributed by atoms with Crippen LogP contribution in [0.1, 0.15) is 35.7 Å². The highest BCUT2D eigenvalue weighted by molar-refractivity contribution is 9.11. The van der Waals surface area contributed by atoms with E-state index in [1.54, 1.807) is 23.1 Å². The number of hydrogen-bond donors (Lipinski definition) is 0. The fourth-order valence-corrected chi connectivity index (χ4v) is 3.72. The molecule has 0 aromatic heterocycles. The second kappa shape index (κ2) is 8.96. The number of amides is 1. The topological polar surface area (TPSA) is 37.4 Å². The number of rotatable bonds is 5. The van der Waals surface area contributed by atoms with Crippen LogP contribution >= 0.6 is 15.9 Å². The lowest BCUT2D eigenvalue weighted by Crippen LogP contribution is -2.39. The summed E-state index contributed by atoms with van der Waals surface area (Å²) in [6.45, 7) is 2.58. The first-order valence-electron chi connectivity index (χ1n) is 9.07. The van der Waals surface area contributed by atoms with E-state index in [-0.39, 0.29) is 17.7 Å². The zero-order valence-corrected chi connectivity index (χ0v) is 16.9. The van der Waals surface area contributed by atoms with Crippen LogP contribution in [-0.4, -0.2) is 29.2 Å². The first-order valence-corrected chi connectivity index (χ1v) is 9.87. The minimum Gasteiger partial charge on any atom is -0.328 e. The maximum absolute atomic E-state index is 12.8. The van der Waals surface area contributed by atoms with E-state index in [0.29, 0.717) is 18.5 Å². The molecule has 3 nitrogen and oxygen atoms in total. The summed E-state index contributed by atoms with van der Waals surface area (Å²) >= 11 is 3.53. The summed E-state index contributed by atoms with van der Waals surface area (Å²) in [6.07, 6.45) is 5.00. The maximum Gasteiger partial charge on any atom is 0.254 e. The summed E-state index contributed by atoms with van der Waals surface area (Å²) in [6, 6.07) is 18.7. The second-order valence-corrected chi connectivity index (χ2v) is 7.76. The molecule has 138 valence electrons. The quantitative estimate of drug-likeness (QED) is 0.486. The minimum atomic E-state index is -0.387. The smallest absolute Gasteiger partial charge is 0.254 e. The van der Waals surface area contributed by atoms with Gasteiger partial charge in [-0.25, -0.2) is 0 Å². The number of likely N-dealkylation sites (tertiary alicyclic amines) is 1. The Morgan fingerprint density at radius 1 is 0.963 bits per heavy atom. The zero-order valence-electron chi connectivity index (χ0n) is 15.3. The van der Waals surface area contributed by atoms with E-state index >= 15 is 0 Å². The van der Waals surface area contributed by atoms with Crippen molar-refractivity contribution in [3.63, 3.8) is 0 Å². The molecule has 1 aliphatic rings. The van der Waals surface area contributed by atoms with Crippen LogP contribution in [0.15, 0.2) is 77.3 Å². The summed E-state index contributed by atoms with van der Waals surface area (Å²) < 4.78 is 0.960. The van der Waals surface area contributed by atoms with Gasteiger partial charge in [-0.15, -0.1) is 0 Å². The van der Waals surface area contributed by atoms with Crippen LogP contribution in [-0.2, 0) is 4.79 Å². The molecule has 2 aromatic carbocycles. The van der Waals surface area contributed by atoms with Crippen molar-refractivity contribution in [1.29, 1.82) is 0 Å². The van der Waals surface area contributed by atoms with Crippen molar-refractivity contribution in [2.45, 2.75) is 25.8 Å². The summed E-state index contributed by atoms with van der Waals surface area (Å²) in [5.74, 6) is -0.102. The predicted molar refractivity (Wildman–Crippen MR) is 113 cm³/mol. The first-order chi connectivity index (χ1) is 13.1. The molecule has 1 unspecified atom stereocenters. The maximum atomic E-state index is 12.8. The van der Waals surface area contributed by atoms with E-state index in [9.17, 15) is 9.59 Å². The highest BCUT2D eigenvalue weighted by atomic mass is 79.9. The molecule has 1 amide bonds. The van der Waals surface area contributed by atoms with Crippen molar-refractivity contribution < 1.29 is 9.59 Å². The third kappa shape index (κ3) is 4.64. The fourth-order valence-electron chi connectivity index (χ4n) is 3.36. The Hall–Kier alpha value is -2.46. The van der Waals surface area contributed by atoms with Crippen molar-refractivity contribution in [3.8, 4) is 0 Å². The van der Waals surface area contributed by atoms with Gasteiger partial charge in [0.25, 0.3) is 5.91 Å². The summed E-state index contributed by atoms with van der Waals surface area (Å²) in [5, 5.41) is 0. The number of halogens is 1. The van der Waals surface area contributed by atoms with Gasteiger partial charge in [0.1, 0.15) is 0 Å². The van der Waals surface area contributed by atoms with E-state index in [1.807, 2.05) is 61.5 Å². The summed E-state index contributed by atoms with van der Waals surface area (Å²) in [7, 11) is 0. The molecule has 2 aromatic rings. The molecule has 1 saturated heterocycles. The van der Waals surface area contributed by atoms with Gasteiger partial charge in [0.2, 0.25) is 0 Å². The van der Waals surface area contributed by atoms with Gasteiger partial charge in [-0.2, -0.15) is 0 Å². The monoisotopic (exact) mass is 423 g/mol. The molecule has 0 radical (unpaired) electrons. The van der Waals surface area contributed by atoms with Crippen LogP contribution in [0, 0.1) is 0 Å². The molecule has 0 N–H and O–H groups in total. The van der Waals surface area contributed by atoms with Gasteiger partial charge in [0, 0.05) is 12.1 Å². The molecule has 1 aliphatic heterocycles. The molecule has 3 rings (SSSR count). The van der Waals surface area contributed by atoms with Crippen molar-refractivity contribution in [3.05, 3.63) is 88.4 Å². The standard InChI is InChI=1S/C23H22BrNO2/c1-17(24)20(18-9-4-2-5-10-18)14-15-22(26)21-13-8-16-25(21)23(27)19-11-6-3-7-12-19/h2-7,9-12,14-15,21H,8,13,16H2,1H3/b15-14+,20-17-. The average molecular weight is 424 g/mol. The highest BCUT2D eigenvalue weighted by Gasteiger charge is 2.33. The Morgan fingerprint density at radius 3 is 2.15 bits per heavy atom. The Morgan fingerprint density at radius 2 is 1.56 bits per heavy atom. The van der Waals surface area contributed by atoms with Crippen LogP contribution in [0.25, 0.3) is 5.57 Å².